The number of allylic oxidation sites excluding steroid dienone is 1. The van der Waals surface area contributed by atoms with Crippen molar-refractivity contribution >= 4 is 11.5 Å². The van der Waals surface area contributed by atoms with E-state index in [2.05, 4.69) is 23.6 Å². The SMILES string of the molecule is C=C1CC2C(C(F)C[C@]3(C)C(=O)CCC23)[C@@]2(C)CCC(=NOCCN3CCCCC3)CC12. The van der Waals surface area contributed by atoms with Crippen LogP contribution in [-0.4, -0.2) is 48.8 Å². The minimum absolute atomic E-state index is 0.0449. The molecule has 4 nitrogen and oxygen atoms in total. The molecule has 0 bridgehead atoms. The van der Waals surface area contributed by atoms with Crippen LogP contribution in [0.1, 0.15) is 78.1 Å². The lowest BCUT2D eigenvalue weighted by atomic mass is 9.44. The number of rotatable bonds is 4. The predicted octanol–water partition coefficient (Wildman–Crippen LogP) is 5.57. The van der Waals surface area contributed by atoms with Gasteiger partial charge in [-0.2, -0.15) is 0 Å². The summed E-state index contributed by atoms with van der Waals surface area (Å²) >= 11 is 0. The number of piperidine rings is 1. The summed E-state index contributed by atoms with van der Waals surface area (Å²) in [5.41, 5.74) is 1.84. The summed E-state index contributed by atoms with van der Waals surface area (Å²) in [6.45, 7) is 12.8. The summed E-state index contributed by atoms with van der Waals surface area (Å²) in [7, 11) is 0. The number of likely N-dealkylation sites (tertiary alicyclic amines) is 1. The Morgan fingerprint density at radius 3 is 2.75 bits per heavy atom. The van der Waals surface area contributed by atoms with Gasteiger partial charge in [0.05, 0.1) is 5.71 Å². The number of fused-ring (bicyclic) bond motifs is 5. The fraction of sp³-hybridized carbons (Fsp3) is 0.852. The molecule has 0 aromatic heterocycles. The molecule has 5 aliphatic rings. The molecule has 0 aromatic rings. The number of carbonyl (C=O) groups is 1. The van der Waals surface area contributed by atoms with Crippen LogP contribution in [0, 0.1) is 34.5 Å². The minimum atomic E-state index is -0.886. The smallest absolute Gasteiger partial charge is 0.139 e. The van der Waals surface area contributed by atoms with Gasteiger partial charge < -0.3 is 4.84 Å². The van der Waals surface area contributed by atoms with Crippen LogP contribution in [0.25, 0.3) is 0 Å². The van der Waals surface area contributed by atoms with Gasteiger partial charge in [-0.1, -0.05) is 37.6 Å². The molecule has 1 heterocycles. The van der Waals surface area contributed by atoms with Crippen molar-refractivity contribution in [3.63, 3.8) is 0 Å². The molecule has 4 saturated carbocycles. The summed E-state index contributed by atoms with van der Waals surface area (Å²) < 4.78 is 15.8. The Hall–Kier alpha value is -1.23. The fourth-order valence-electron chi connectivity index (χ4n) is 8.46. The van der Waals surface area contributed by atoms with Crippen LogP contribution in [0.15, 0.2) is 17.3 Å². The van der Waals surface area contributed by atoms with E-state index < -0.39 is 11.6 Å². The van der Waals surface area contributed by atoms with Crippen LogP contribution in [-0.2, 0) is 9.63 Å². The zero-order valence-electron chi connectivity index (χ0n) is 20.1. The molecule has 0 amide bonds. The van der Waals surface area contributed by atoms with Crippen LogP contribution in [0.3, 0.4) is 0 Å². The standard InChI is InChI=1S/C27H41FN2O2/c1-18-15-20-21-7-8-24(31)27(21,3)17-23(28)25(20)26(2)10-9-19(16-22(18)26)29-32-14-13-30-11-5-4-6-12-30/h20-23,25H,1,4-17H2,2-3H3/t20?,21?,22?,23?,25?,26-,27-/m0/s1. The summed E-state index contributed by atoms with van der Waals surface area (Å²) in [5.74, 6) is 1.21. The van der Waals surface area contributed by atoms with E-state index in [-0.39, 0.29) is 23.2 Å². The Morgan fingerprint density at radius 1 is 1.19 bits per heavy atom. The molecule has 7 atom stereocenters. The first kappa shape index (κ1) is 22.6. The molecular weight excluding hydrogens is 403 g/mol. The first-order valence-electron chi connectivity index (χ1n) is 13.1. The van der Waals surface area contributed by atoms with Crippen molar-refractivity contribution in [1.82, 2.24) is 4.90 Å². The van der Waals surface area contributed by atoms with Crippen molar-refractivity contribution in [1.29, 1.82) is 0 Å². The van der Waals surface area contributed by atoms with E-state index >= 15 is 4.39 Å². The van der Waals surface area contributed by atoms with E-state index in [1.807, 2.05) is 6.92 Å². The highest BCUT2D eigenvalue weighted by molar-refractivity contribution is 5.87. The van der Waals surface area contributed by atoms with E-state index in [1.165, 1.54) is 37.9 Å². The van der Waals surface area contributed by atoms with Crippen LogP contribution in [0.5, 0.6) is 0 Å². The zero-order chi connectivity index (χ0) is 22.5. The number of halogens is 1. The third kappa shape index (κ3) is 3.67. The molecule has 0 spiro atoms. The van der Waals surface area contributed by atoms with E-state index in [4.69, 9.17) is 4.84 Å². The number of ketones is 1. The molecule has 5 unspecified atom stereocenters. The van der Waals surface area contributed by atoms with Gasteiger partial charge in [0.25, 0.3) is 0 Å². The molecular formula is C27H41FN2O2. The van der Waals surface area contributed by atoms with Crippen molar-refractivity contribution in [2.75, 3.05) is 26.2 Å². The lowest BCUT2D eigenvalue weighted by Gasteiger charge is -2.61. The Kier molecular flexibility index (Phi) is 6.01. The average molecular weight is 445 g/mol. The Bertz CT molecular complexity index is 791. The molecule has 5 fully saturated rings. The number of hydrogen-bond acceptors (Lipinski definition) is 4. The van der Waals surface area contributed by atoms with Crippen molar-refractivity contribution in [2.45, 2.75) is 84.2 Å². The summed E-state index contributed by atoms with van der Waals surface area (Å²) in [4.78, 5) is 20.8. The van der Waals surface area contributed by atoms with Gasteiger partial charge in [0.15, 0.2) is 0 Å². The summed E-state index contributed by atoms with van der Waals surface area (Å²) in [5, 5.41) is 4.53. The summed E-state index contributed by atoms with van der Waals surface area (Å²) in [6.07, 6.45) is 8.62. The molecule has 0 aromatic carbocycles. The van der Waals surface area contributed by atoms with Gasteiger partial charge in [0, 0.05) is 18.4 Å². The van der Waals surface area contributed by atoms with Gasteiger partial charge in [-0.15, -0.1) is 0 Å². The summed E-state index contributed by atoms with van der Waals surface area (Å²) in [6, 6.07) is 0. The van der Waals surface area contributed by atoms with Crippen LogP contribution in [0.2, 0.25) is 0 Å². The maximum absolute atomic E-state index is 15.8. The van der Waals surface area contributed by atoms with Gasteiger partial charge in [0.2, 0.25) is 0 Å². The van der Waals surface area contributed by atoms with Gasteiger partial charge >= 0.3 is 0 Å². The minimum Gasteiger partial charge on any atom is -0.394 e. The maximum Gasteiger partial charge on any atom is 0.139 e. The monoisotopic (exact) mass is 444 g/mol. The third-order valence-electron chi connectivity index (χ3n) is 10.2. The highest BCUT2D eigenvalue weighted by Gasteiger charge is 2.64. The molecule has 5 heteroatoms. The van der Waals surface area contributed by atoms with Crippen LogP contribution in [0.4, 0.5) is 4.39 Å². The fourth-order valence-corrected chi connectivity index (χ4v) is 8.46. The number of hydrogen-bond donors (Lipinski definition) is 0. The van der Waals surface area contributed by atoms with Gasteiger partial charge in [-0.3, -0.25) is 9.69 Å². The second-order valence-electron chi connectivity index (χ2n) is 11.9. The second-order valence-corrected chi connectivity index (χ2v) is 11.9. The molecule has 5 rings (SSSR count). The Balaban J connectivity index is 1.26. The molecule has 1 saturated heterocycles. The highest BCUT2D eigenvalue weighted by Crippen LogP contribution is 2.66. The van der Waals surface area contributed by atoms with E-state index in [0.29, 0.717) is 31.1 Å². The number of carbonyl (C=O) groups excluding carboxylic acids is 1. The van der Waals surface area contributed by atoms with Crippen molar-refractivity contribution in [3.05, 3.63) is 12.2 Å². The van der Waals surface area contributed by atoms with E-state index in [1.54, 1.807) is 0 Å². The van der Waals surface area contributed by atoms with Crippen LogP contribution < -0.4 is 0 Å². The molecule has 178 valence electrons. The maximum atomic E-state index is 15.8. The molecule has 0 N–H and O–H groups in total. The lowest BCUT2D eigenvalue weighted by molar-refractivity contribution is -0.144. The highest BCUT2D eigenvalue weighted by atomic mass is 19.1. The molecule has 32 heavy (non-hydrogen) atoms. The van der Waals surface area contributed by atoms with Crippen molar-refractivity contribution < 1.29 is 14.0 Å². The first-order chi connectivity index (χ1) is 15.3. The number of nitrogens with zero attached hydrogens (tertiary/aromatic N) is 2. The van der Waals surface area contributed by atoms with E-state index in [9.17, 15) is 4.79 Å². The van der Waals surface area contributed by atoms with Crippen LogP contribution >= 0.6 is 0 Å². The molecule has 0 radical (unpaired) electrons. The second kappa shape index (κ2) is 8.52. The largest absolute Gasteiger partial charge is 0.394 e. The Morgan fingerprint density at radius 2 is 1.97 bits per heavy atom. The van der Waals surface area contributed by atoms with Gasteiger partial charge in [-0.25, -0.2) is 4.39 Å². The average Bonchev–Trinajstić information content (AvgIpc) is 3.06. The molecule has 1 aliphatic heterocycles. The third-order valence-corrected chi connectivity index (χ3v) is 10.2. The number of Topliss-reactive ketones (excluding diaryl/α,β-unsaturated/α-hetero) is 1. The zero-order valence-corrected chi connectivity index (χ0v) is 20.1. The van der Waals surface area contributed by atoms with Crippen molar-refractivity contribution in [3.8, 4) is 0 Å². The van der Waals surface area contributed by atoms with Gasteiger partial charge in [-0.05, 0) is 93.5 Å². The number of oxime groups is 1. The number of alkyl halides is 1. The molecule has 4 aliphatic carbocycles. The topological polar surface area (TPSA) is 41.9 Å². The Labute approximate surface area is 193 Å². The van der Waals surface area contributed by atoms with Crippen molar-refractivity contribution in [2.24, 2.45) is 39.7 Å². The predicted molar refractivity (Wildman–Crippen MR) is 125 cm³/mol. The quantitative estimate of drug-likeness (QED) is 0.323. The lowest BCUT2D eigenvalue weighted by Crippen LogP contribution is -2.58. The van der Waals surface area contributed by atoms with Gasteiger partial charge in [0.1, 0.15) is 18.6 Å². The normalized spacial score (nSPS) is 46.0. The van der Waals surface area contributed by atoms with E-state index in [0.717, 1.165) is 44.4 Å². The first-order valence-corrected chi connectivity index (χ1v) is 13.1.